The van der Waals surface area contributed by atoms with Crippen LogP contribution in [0.5, 0.6) is 5.75 Å². The summed E-state index contributed by atoms with van der Waals surface area (Å²) in [6, 6.07) is 27.4. The van der Waals surface area contributed by atoms with Gasteiger partial charge in [-0.15, -0.1) is 0 Å². The minimum atomic E-state index is -0.369. The monoisotopic (exact) mass is 375 g/mol. The number of nitrogens with two attached hydrogens (primary N) is 1. The van der Waals surface area contributed by atoms with Crippen LogP contribution < -0.4 is 15.4 Å². The van der Waals surface area contributed by atoms with Crippen LogP contribution in [0.4, 0.5) is 5.69 Å². The Morgan fingerprint density at radius 3 is 2.11 bits per heavy atom. The van der Waals surface area contributed by atoms with E-state index in [-0.39, 0.29) is 18.0 Å². The van der Waals surface area contributed by atoms with Gasteiger partial charge in [0.25, 0.3) is 5.91 Å². The molecule has 3 N–H and O–H groups in total. The average molecular weight is 375 g/mol. The van der Waals surface area contributed by atoms with E-state index in [1.165, 1.54) is 5.56 Å². The van der Waals surface area contributed by atoms with Gasteiger partial charge >= 0.3 is 0 Å². The second-order valence-electron chi connectivity index (χ2n) is 6.70. The van der Waals surface area contributed by atoms with Gasteiger partial charge in [-0.2, -0.15) is 0 Å². The molecule has 3 aromatic carbocycles. The van der Waals surface area contributed by atoms with Gasteiger partial charge in [-0.05, 0) is 26.0 Å². The zero-order valence-electron chi connectivity index (χ0n) is 16.3. The lowest BCUT2D eigenvalue weighted by atomic mass is 10.0. The number of carbonyl (C=O) groups excluding carboxylic acids is 1. The molecule has 0 heterocycles. The van der Waals surface area contributed by atoms with E-state index in [1.807, 2.05) is 79.7 Å². The predicted octanol–water partition coefficient (Wildman–Crippen LogP) is 4.09. The van der Waals surface area contributed by atoms with Crippen molar-refractivity contribution in [2.45, 2.75) is 25.9 Å². The van der Waals surface area contributed by atoms with Crippen molar-refractivity contribution >= 4 is 11.6 Å². The van der Waals surface area contributed by atoms with Crippen LogP contribution in [0.3, 0.4) is 0 Å². The highest BCUT2D eigenvalue weighted by Gasteiger charge is 2.27. The van der Waals surface area contributed by atoms with Gasteiger partial charge in [-0.3, -0.25) is 4.79 Å². The van der Waals surface area contributed by atoms with Crippen molar-refractivity contribution in [3.05, 3.63) is 96.1 Å². The third-order valence-corrected chi connectivity index (χ3v) is 4.69. The summed E-state index contributed by atoms with van der Waals surface area (Å²) < 4.78 is 5.65. The number of rotatable bonds is 8. The van der Waals surface area contributed by atoms with Crippen LogP contribution in [0.2, 0.25) is 0 Å². The summed E-state index contributed by atoms with van der Waals surface area (Å²) in [6.07, 6.45) is 0. The number of carbonyl (C=O) groups is 1. The largest absolute Gasteiger partial charge is 0.492 e. The van der Waals surface area contributed by atoms with E-state index < -0.39 is 0 Å². The van der Waals surface area contributed by atoms with Crippen LogP contribution in [0.15, 0.2) is 84.9 Å². The molecule has 2 atom stereocenters. The first-order valence-electron chi connectivity index (χ1n) is 9.66. The van der Waals surface area contributed by atoms with E-state index in [1.54, 1.807) is 0 Å². The molecule has 28 heavy (non-hydrogen) atoms. The lowest BCUT2D eigenvalue weighted by molar-refractivity contribution is -0.718. The maximum absolute atomic E-state index is 13.2. The molecular formula is C24H27N2O2+. The fourth-order valence-corrected chi connectivity index (χ4v) is 3.23. The quantitative estimate of drug-likeness (QED) is 0.623. The lowest BCUT2D eigenvalue weighted by Gasteiger charge is -2.21. The summed E-state index contributed by atoms with van der Waals surface area (Å²) >= 11 is 0. The predicted molar refractivity (Wildman–Crippen MR) is 112 cm³/mol. The summed E-state index contributed by atoms with van der Waals surface area (Å²) in [5.41, 5.74) is 2.85. The Kier molecular flexibility index (Phi) is 6.82. The maximum atomic E-state index is 13.2. The number of hydrogen-bond acceptors (Lipinski definition) is 2. The van der Waals surface area contributed by atoms with Crippen molar-refractivity contribution in [2.24, 2.45) is 0 Å². The Bertz CT molecular complexity index is 881. The molecule has 3 aromatic rings. The smallest absolute Gasteiger partial charge is 0.287 e. The highest BCUT2D eigenvalue weighted by molar-refractivity contribution is 5.95. The molecule has 0 bridgehead atoms. The van der Waals surface area contributed by atoms with Crippen LogP contribution in [0.1, 0.15) is 37.1 Å². The number of benzene rings is 3. The first-order valence-corrected chi connectivity index (χ1v) is 9.66. The SMILES string of the molecule is CCOc1ccccc1NC(=O)[C@@H]([NH2+][C@H](C)c1ccccc1)c1ccccc1. The Morgan fingerprint density at radius 1 is 0.893 bits per heavy atom. The molecule has 0 radical (unpaired) electrons. The van der Waals surface area contributed by atoms with Gasteiger partial charge in [0.1, 0.15) is 11.8 Å². The molecule has 0 spiro atoms. The van der Waals surface area contributed by atoms with Gasteiger partial charge in [0.05, 0.1) is 12.3 Å². The molecule has 4 heteroatoms. The second kappa shape index (κ2) is 9.72. The zero-order valence-corrected chi connectivity index (χ0v) is 16.3. The van der Waals surface area contributed by atoms with Crippen molar-refractivity contribution < 1.29 is 14.8 Å². The summed E-state index contributed by atoms with van der Waals surface area (Å²) in [5, 5.41) is 5.16. The van der Waals surface area contributed by atoms with Crippen LogP contribution in [0, 0.1) is 0 Å². The molecule has 0 unspecified atom stereocenters. The normalized spacial score (nSPS) is 12.8. The van der Waals surface area contributed by atoms with E-state index in [0.717, 1.165) is 5.56 Å². The van der Waals surface area contributed by atoms with Crippen LogP contribution >= 0.6 is 0 Å². The lowest BCUT2D eigenvalue weighted by Crippen LogP contribution is -2.87. The van der Waals surface area contributed by atoms with Crippen molar-refractivity contribution in [1.82, 2.24) is 0 Å². The summed E-state index contributed by atoms with van der Waals surface area (Å²) in [4.78, 5) is 13.2. The molecule has 0 saturated heterocycles. The van der Waals surface area contributed by atoms with Crippen molar-refractivity contribution in [1.29, 1.82) is 0 Å². The highest BCUT2D eigenvalue weighted by Crippen LogP contribution is 2.25. The summed E-state index contributed by atoms with van der Waals surface area (Å²) in [5.74, 6) is 0.613. The number of hydrogen-bond donors (Lipinski definition) is 2. The molecule has 1 amide bonds. The number of para-hydroxylation sites is 2. The third kappa shape index (κ3) is 4.99. The Labute approximate surface area is 166 Å². The van der Waals surface area contributed by atoms with Gasteiger partial charge in [0.2, 0.25) is 0 Å². The summed E-state index contributed by atoms with van der Waals surface area (Å²) in [7, 11) is 0. The van der Waals surface area contributed by atoms with Gasteiger partial charge in [-0.25, -0.2) is 0 Å². The minimum Gasteiger partial charge on any atom is -0.492 e. The molecule has 3 rings (SSSR count). The van der Waals surface area contributed by atoms with E-state index in [4.69, 9.17) is 4.74 Å². The van der Waals surface area contributed by atoms with Gasteiger partial charge in [0.15, 0.2) is 6.04 Å². The Balaban J connectivity index is 1.84. The van der Waals surface area contributed by atoms with Gasteiger partial charge in [0, 0.05) is 11.1 Å². The average Bonchev–Trinajstić information content (AvgIpc) is 2.74. The van der Waals surface area contributed by atoms with E-state index in [0.29, 0.717) is 18.0 Å². The zero-order chi connectivity index (χ0) is 19.8. The molecule has 0 aliphatic heterocycles. The maximum Gasteiger partial charge on any atom is 0.287 e. The molecular weight excluding hydrogens is 348 g/mol. The summed E-state index contributed by atoms with van der Waals surface area (Å²) in [6.45, 7) is 4.60. The fourth-order valence-electron chi connectivity index (χ4n) is 3.23. The standard InChI is InChI=1S/C24H26N2O2/c1-3-28-22-17-11-10-16-21(22)26-24(27)23(20-14-8-5-9-15-20)25-18(2)19-12-6-4-7-13-19/h4-18,23,25H,3H2,1-2H3,(H,26,27)/p+1/t18-,23+/m1/s1. The van der Waals surface area contributed by atoms with E-state index in [9.17, 15) is 4.79 Å². The fraction of sp³-hybridized carbons (Fsp3) is 0.208. The number of nitrogens with one attached hydrogen (secondary N) is 1. The number of quaternary nitrogens is 1. The van der Waals surface area contributed by atoms with E-state index >= 15 is 0 Å². The van der Waals surface area contributed by atoms with Gasteiger partial charge < -0.3 is 15.4 Å². The van der Waals surface area contributed by atoms with E-state index in [2.05, 4.69) is 29.7 Å². The molecule has 0 aliphatic rings. The number of amides is 1. The third-order valence-electron chi connectivity index (χ3n) is 4.69. The molecule has 4 nitrogen and oxygen atoms in total. The van der Waals surface area contributed by atoms with Crippen molar-refractivity contribution in [3.63, 3.8) is 0 Å². The molecule has 0 saturated carbocycles. The van der Waals surface area contributed by atoms with Crippen LogP contribution in [-0.4, -0.2) is 12.5 Å². The Morgan fingerprint density at radius 2 is 1.46 bits per heavy atom. The van der Waals surface area contributed by atoms with Crippen LogP contribution in [-0.2, 0) is 4.79 Å². The molecule has 0 aromatic heterocycles. The molecule has 0 fully saturated rings. The first kappa shape index (κ1) is 19.6. The Hall–Kier alpha value is -3.11. The topological polar surface area (TPSA) is 54.9 Å². The minimum absolute atomic E-state index is 0.0684. The number of anilines is 1. The number of ether oxygens (including phenoxy) is 1. The van der Waals surface area contributed by atoms with Gasteiger partial charge in [-0.1, -0.05) is 72.8 Å². The second-order valence-corrected chi connectivity index (χ2v) is 6.70. The first-order chi connectivity index (χ1) is 13.7. The van der Waals surface area contributed by atoms with Crippen molar-refractivity contribution in [2.75, 3.05) is 11.9 Å². The van der Waals surface area contributed by atoms with Crippen LogP contribution in [0.25, 0.3) is 0 Å². The van der Waals surface area contributed by atoms with Crippen molar-refractivity contribution in [3.8, 4) is 5.75 Å². The highest BCUT2D eigenvalue weighted by atomic mass is 16.5. The molecule has 0 aliphatic carbocycles. The molecule has 144 valence electrons.